The standard InChI is InChI=1S/C19H23F2N3O2.HI/c1-22-19(23-7-6-13-8-15(20)11-16(21)9-13)24-12-14-4-5-17(25-2)18(10-14)26-3;/h4-5,8-11H,6-7,12H2,1-3H3,(H2,22,23,24);1H. The van der Waals surface area contributed by atoms with Crippen molar-refractivity contribution in [2.75, 3.05) is 27.8 Å². The number of hydrogen-bond donors (Lipinski definition) is 2. The van der Waals surface area contributed by atoms with Crippen molar-refractivity contribution in [1.29, 1.82) is 0 Å². The highest BCUT2D eigenvalue weighted by Crippen LogP contribution is 2.27. The van der Waals surface area contributed by atoms with Gasteiger partial charge in [0.2, 0.25) is 0 Å². The van der Waals surface area contributed by atoms with Gasteiger partial charge in [-0.2, -0.15) is 0 Å². The van der Waals surface area contributed by atoms with Crippen LogP contribution in [0.4, 0.5) is 8.78 Å². The fraction of sp³-hybridized carbons (Fsp3) is 0.316. The minimum atomic E-state index is -0.573. The molecule has 2 rings (SSSR count). The SMILES string of the molecule is CN=C(NCCc1cc(F)cc(F)c1)NCc1ccc(OC)c(OC)c1.I. The quantitative estimate of drug-likeness (QED) is 0.354. The summed E-state index contributed by atoms with van der Waals surface area (Å²) in [5.41, 5.74) is 1.59. The van der Waals surface area contributed by atoms with Gasteiger partial charge in [-0.1, -0.05) is 6.07 Å². The predicted octanol–water partition coefficient (Wildman–Crippen LogP) is 3.51. The molecular weight excluding hydrogens is 467 g/mol. The maximum Gasteiger partial charge on any atom is 0.191 e. The zero-order valence-electron chi connectivity index (χ0n) is 15.5. The molecule has 0 radical (unpaired) electrons. The first-order chi connectivity index (χ1) is 12.5. The predicted molar refractivity (Wildman–Crippen MR) is 113 cm³/mol. The number of rotatable bonds is 7. The molecule has 8 heteroatoms. The van der Waals surface area contributed by atoms with Gasteiger partial charge in [0.25, 0.3) is 0 Å². The lowest BCUT2D eigenvalue weighted by Gasteiger charge is -2.13. The van der Waals surface area contributed by atoms with Gasteiger partial charge in [-0.3, -0.25) is 4.99 Å². The highest BCUT2D eigenvalue weighted by molar-refractivity contribution is 14.0. The Hall–Kier alpha value is -2.10. The fourth-order valence-electron chi connectivity index (χ4n) is 2.48. The van der Waals surface area contributed by atoms with Gasteiger partial charge in [-0.25, -0.2) is 8.78 Å². The Balaban J connectivity index is 0.00000364. The third kappa shape index (κ3) is 7.20. The average molecular weight is 491 g/mol. The zero-order chi connectivity index (χ0) is 18.9. The molecular formula is C19H24F2IN3O2. The summed E-state index contributed by atoms with van der Waals surface area (Å²) in [6, 6.07) is 9.16. The molecule has 0 atom stereocenters. The Morgan fingerprint density at radius 1 is 0.926 bits per heavy atom. The summed E-state index contributed by atoms with van der Waals surface area (Å²) in [4.78, 5) is 4.14. The molecule has 0 spiro atoms. The molecule has 2 N–H and O–H groups in total. The summed E-state index contributed by atoms with van der Waals surface area (Å²) < 4.78 is 36.9. The van der Waals surface area contributed by atoms with Crippen LogP contribution in [0.25, 0.3) is 0 Å². The van der Waals surface area contributed by atoms with Crippen molar-refractivity contribution >= 4 is 29.9 Å². The van der Waals surface area contributed by atoms with Crippen molar-refractivity contribution in [3.63, 3.8) is 0 Å². The van der Waals surface area contributed by atoms with Gasteiger partial charge in [-0.15, -0.1) is 24.0 Å². The van der Waals surface area contributed by atoms with E-state index in [0.29, 0.717) is 42.5 Å². The summed E-state index contributed by atoms with van der Waals surface area (Å²) in [5, 5.41) is 6.29. The van der Waals surface area contributed by atoms with E-state index in [1.807, 2.05) is 18.2 Å². The number of hydrogen-bond acceptors (Lipinski definition) is 3. The first kappa shape index (κ1) is 22.9. The van der Waals surface area contributed by atoms with Gasteiger partial charge in [-0.05, 0) is 41.8 Å². The lowest BCUT2D eigenvalue weighted by Crippen LogP contribution is -2.37. The van der Waals surface area contributed by atoms with E-state index in [1.54, 1.807) is 21.3 Å². The highest BCUT2D eigenvalue weighted by Gasteiger charge is 2.06. The Kier molecular flexibility index (Phi) is 9.84. The van der Waals surface area contributed by atoms with Gasteiger partial charge in [0, 0.05) is 26.2 Å². The van der Waals surface area contributed by atoms with Crippen molar-refractivity contribution in [2.45, 2.75) is 13.0 Å². The molecule has 0 heterocycles. The van der Waals surface area contributed by atoms with Crippen LogP contribution in [-0.4, -0.2) is 33.8 Å². The van der Waals surface area contributed by atoms with E-state index in [2.05, 4.69) is 15.6 Å². The Morgan fingerprint density at radius 3 is 2.19 bits per heavy atom. The van der Waals surface area contributed by atoms with E-state index in [-0.39, 0.29) is 24.0 Å². The summed E-state index contributed by atoms with van der Waals surface area (Å²) in [6.45, 7) is 1.03. The van der Waals surface area contributed by atoms with E-state index in [4.69, 9.17) is 9.47 Å². The van der Waals surface area contributed by atoms with Crippen molar-refractivity contribution in [3.05, 3.63) is 59.2 Å². The van der Waals surface area contributed by atoms with E-state index < -0.39 is 11.6 Å². The van der Waals surface area contributed by atoms with Gasteiger partial charge in [0.1, 0.15) is 11.6 Å². The monoisotopic (exact) mass is 491 g/mol. The molecule has 0 unspecified atom stereocenters. The second-order valence-electron chi connectivity index (χ2n) is 5.57. The molecule has 5 nitrogen and oxygen atoms in total. The Morgan fingerprint density at radius 2 is 1.59 bits per heavy atom. The first-order valence-electron chi connectivity index (χ1n) is 8.16. The second-order valence-corrected chi connectivity index (χ2v) is 5.57. The lowest BCUT2D eigenvalue weighted by molar-refractivity contribution is 0.354. The molecule has 0 fully saturated rings. The minimum absolute atomic E-state index is 0. The van der Waals surface area contributed by atoms with Crippen LogP contribution in [0.2, 0.25) is 0 Å². The van der Waals surface area contributed by atoms with Crippen LogP contribution in [0.3, 0.4) is 0 Å². The minimum Gasteiger partial charge on any atom is -0.493 e. The van der Waals surface area contributed by atoms with Crippen LogP contribution in [0, 0.1) is 11.6 Å². The number of ether oxygens (including phenoxy) is 2. The van der Waals surface area contributed by atoms with Crippen molar-refractivity contribution < 1.29 is 18.3 Å². The number of guanidine groups is 1. The van der Waals surface area contributed by atoms with Crippen LogP contribution in [-0.2, 0) is 13.0 Å². The molecule has 2 aromatic carbocycles. The molecule has 0 amide bonds. The molecule has 0 bridgehead atoms. The van der Waals surface area contributed by atoms with Crippen LogP contribution in [0.1, 0.15) is 11.1 Å². The summed E-state index contributed by atoms with van der Waals surface area (Å²) in [7, 11) is 4.84. The van der Waals surface area contributed by atoms with Crippen molar-refractivity contribution in [1.82, 2.24) is 10.6 Å². The normalized spacial score (nSPS) is 10.8. The fourth-order valence-corrected chi connectivity index (χ4v) is 2.48. The van der Waals surface area contributed by atoms with Crippen LogP contribution >= 0.6 is 24.0 Å². The highest BCUT2D eigenvalue weighted by atomic mass is 127. The maximum atomic E-state index is 13.2. The molecule has 0 aliphatic rings. The lowest BCUT2D eigenvalue weighted by atomic mass is 10.1. The first-order valence-corrected chi connectivity index (χ1v) is 8.16. The van der Waals surface area contributed by atoms with Crippen LogP contribution in [0.15, 0.2) is 41.4 Å². The van der Waals surface area contributed by atoms with Crippen LogP contribution in [0.5, 0.6) is 11.5 Å². The van der Waals surface area contributed by atoms with E-state index in [1.165, 1.54) is 12.1 Å². The van der Waals surface area contributed by atoms with E-state index >= 15 is 0 Å². The molecule has 0 saturated heterocycles. The molecule has 0 aliphatic carbocycles. The Bertz CT molecular complexity index is 752. The van der Waals surface area contributed by atoms with Crippen molar-refractivity contribution in [2.24, 2.45) is 4.99 Å². The molecule has 2 aromatic rings. The van der Waals surface area contributed by atoms with Crippen molar-refractivity contribution in [3.8, 4) is 11.5 Å². The molecule has 27 heavy (non-hydrogen) atoms. The van der Waals surface area contributed by atoms with Gasteiger partial charge >= 0.3 is 0 Å². The maximum absolute atomic E-state index is 13.2. The van der Waals surface area contributed by atoms with Gasteiger partial charge in [0.15, 0.2) is 17.5 Å². The van der Waals surface area contributed by atoms with Gasteiger partial charge < -0.3 is 20.1 Å². The van der Waals surface area contributed by atoms with E-state index in [9.17, 15) is 8.78 Å². The molecule has 0 saturated carbocycles. The zero-order valence-corrected chi connectivity index (χ0v) is 17.8. The number of nitrogens with zero attached hydrogens (tertiary/aromatic N) is 1. The summed E-state index contributed by atoms with van der Waals surface area (Å²) in [6.07, 6.45) is 0.478. The number of halogens is 3. The number of nitrogens with one attached hydrogen (secondary N) is 2. The average Bonchev–Trinajstić information content (AvgIpc) is 2.63. The molecule has 148 valence electrons. The molecule has 0 aliphatic heterocycles. The molecule has 0 aromatic heterocycles. The number of benzene rings is 2. The Labute approximate surface area is 175 Å². The van der Waals surface area contributed by atoms with E-state index in [0.717, 1.165) is 11.6 Å². The third-order valence-electron chi connectivity index (χ3n) is 3.76. The number of methoxy groups -OCH3 is 2. The van der Waals surface area contributed by atoms with Crippen LogP contribution < -0.4 is 20.1 Å². The number of aliphatic imine (C=N–C) groups is 1. The summed E-state index contributed by atoms with van der Waals surface area (Å²) >= 11 is 0. The smallest absolute Gasteiger partial charge is 0.191 e. The second kappa shape index (κ2) is 11.6. The topological polar surface area (TPSA) is 54.9 Å². The summed E-state index contributed by atoms with van der Waals surface area (Å²) in [5.74, 6) is 0.771. The largest absolute Gasteiger partial charge is 0.493 e. The van der Waals surface area contributed by atoms with Gasteiger partial charge in [0.05, 0.1) is 14.2 Å². The third-order valence-corrected chi connectivity index (χ3v) is 3.76.